The van der Waals surface area contributed by atoms with Crippen LogP contribution >= 0.6 is 0 Å². The van der Waals surface area contributed by atoms with Crippen molar-refractivity contribution in [1.82, 2.24) is 5.32 Å². The molecule has 0 saturated carbocycles. The molecule has 0 saturated heterocycles. The molecule has 0 aromatic heterocycles. The van der Waals surface area contributed by atoms with Crippen molar-refractivity contribution in [2.45, 2.75) is 0 Å². The maximum atomic E-state index is 13.5. The third kappa shape index (κ3) is 5.38. The van der Waals surface area contributed by atoms with Crippen LogP contribution in [0.2, 0.25) is 0 Å². The quantitative estimate of drug-likeness (QED) is 0.763. The fraction of sp³-hybridized carbons (Fsp3) is 0.308. The Labute approximate surface area is 116 Å². The Morgan fingerprint density at radius 2 is 2.15 bits per heavy atom. The topological polar surface area (TPSA) is 83.5 Å². The molecule has 0 fully saturated rings. The highest BCUT2D eigenvalue weighted by atomic mass is 32.2. The van der Waals surface area contributed by atoms with Crippen LogP contribution < -0.4 is 5.32 Å². The fourth-order valence-electron chi connectivity index (χ4n) is 1.36. The monoisotopic (exact) mass is 299 g/mol. The molecule has 0 bridgehead atoms. The van der Waals surface area contributed by atoms with Crippen LogP contribution in [0.25, 0.3) is 0 Å². The molecule has 1 aromatic carbocycles. The molecule has 108 valence electrons. The summed E-state index contributed by atoms with van der Waals surface area (Å²) in [5.74, 6) is 3.29. The van der Waals surface area contributed by atoms with Crippen LogP contribution in [0.5, 0.6) is 0 Å². The van der Waals surface area contributed by atoms with Gasteiger partial charge in [0.15, 0.2) is 0 Å². The number of benzene rings is 1. The largest absolute Gasteiger partial charge is 0.384 e. The van der Waals surface area contributed by atoms with Gasteiger partial charge < -0.3 is 10.4 Å². The number of hydrogen-bond acceptors (Lipinski definition) is 4. The fourth-order valence-corrected chi connectivity index (χ4v) is 1.84. The Hall–Kier alpha value is -1.91. The summed E-state index contributed by atoms with van der Waals surface area (Å²) in [6.07, 6.45) is 1.05. The number of amides is 1. The molecule has 1 rings (SSSR count). The number of nitrogens with one attached hydrogen (secondary N) is 1. The van der Waals surface area contributed by atoms with Gasteiger partial charge in [0, 0.05) is 18.4 Å². The van der Waals surface area contributed by atoms with E-state index in [-0.39, 0.29) is 24.5 Å². The number of rotatable bonds is 4. The summed E-state index contributed by atoms with van der Waals surface area (Å²) in [6.45, 7) is -0.434. The van der Waals surface area contributed by atoms with Crippen molar-refractivity contribution in [3.63, 3.8) is 0 Å². The van der Waals surface area contributed by atoms with Gasteiger partial charge in [-0.2, -0.15) is 0 Å². The lowest BCUT2D eigenvalue weighted by Crippen LogP contribution is -2.29. The van der Waals surface area contributed by atoms with Crippen molar-refractivity contribution in [1.29, 1.82) is 0 Å². The Morgan fingerprint density at radius 3 is 2.75 bits per heavy atom. The lowest BCUT2D eigenvalue weighted by molar-refractivity contribution is 0.0952. The summed E-state index contributed by atoms with van der Waals surface area (Å²) in [5.41, 5.74) is 0.164. The molecule has 1 aromatic rings. The van der Waals surface area contributed by atoms with E-state index in [2.05, 4.69) is 17.2 Å². The first-order valence-electron chi connectivity index (χ1n) is 5.68. The lowest BCUT2D eigenvalue weighted by atomic mass is 10.1. The molecule has 7 heteroatoms. The van der Waals surface area contributed by atoms with E-state index in [0.717, 1.165) is 12.3 Å². The molecule has 1 amide bonds. The van der Waals surface area contributed by atoms with Crippen molar-refractivity contribution in [2.75, 3.05) is 25.2 Å². The van der Waals surface area contributed by atoms with Crippen LogP contribution in [0, 0.1) is 17.7 Å². The van der Waals surface area contributed by atoms with Crippen LogP contribution in [0.4, 0.5) is 4.39 Å². The number of carbonyl (C=O) groups is 1. The summed E-state index contributed by atoms with van der Waals surface area (Å²) in [6, 6.07) is 3.71. The van der Waals surface area contributed by atoms with Gasteiger partial charge in [0.1, 0.15) is 22.3 Å². The van der Waals surface area contributed by atoms with Crippen molar-refractivity contribution in [3.05, 3.63) is 35.1 Å². The average molecular weight is 299 g/mol. The van der Waals surface area contributed by atoms with Crippen LogP contribution in [0.15, 0.2) is 18.2 Å². The Morgan fingerprint density at radius 1 is 1.45 bits per heavy atom. The van der Waals surface area contributed by atoms with E-state index in [1.54, 1.807) is 0 Å². The number of hydrogen-bond donors (Lipinski definition) is 2. The lowest BCUT2D eigenvalue weighted by Gasteiger charge is -2.06. The summed E-state index contributed by atoms with van der Waals surface area (Å²) in [4.78, 5) is 11.7. The van der Waals surface area contributed by atoms with E-state index in [4.69, 9.17) is 5.11 Å². The summed E-state index contributed by atoms with van der Waals surface area (Å²) in [7, 11) is -3.19. The average Bonchev–Trinajstić information content (AvgIpc) is 2.36. The Bertz CT molecular complexity index is 659. The highest BCUT2D eigenvalue weighted by Gasteiger charge is 2.12. The number of aliphatic hydroxyl groups is 1. The van der Waals surface area contributed by atoms with Gasteiger partial charge in [-0.05, 0) is 18.2 Å². The van der Waals surface area contributed by atoms with Gasteiger partial charge in [0.05, 0.1) is 11.3 Å². The number of carbonyl (C=O) groups excluding carboxylic acids is 1. The second-order valence-corrected chi connectivity index (χ2v) is 6.30. The Balaban J connectivity index is 2.81. The standard InChI is InChI=1S/C13H14FNO4S/c1-20(18,19)8-6-15-13(17)11-9-10(3-2-7-16)4-5-12(11)14/h4-5,9,16H,6-8H2,1H3,(H,15,17). The van der Waals surface area contributed by atoms with Gasteiger partial charge in [-0.25, -0.2) is 12.8 Å². The molecule has 0 aliphatic carbocycles. The molecule has 20 heavy (non-hydrogen) atoms. The van der Waals surface area contributed by atoms with Gasteiger partial charge >= 0.3 is 0 Å². The molecular formula is C13H14FNO4S. The van der Waals surface area contributed by atoms with Crippen molar-refractivity contribution in [2.24, 2.45) is 0 Å². The smallest absolute Gasteiger partial charge is 0.254 e. The van der Waals surface area contributed by atoms with Crippen molar-refractivity contribution >= 4 is 15.7 Å². The van der Waals surface area contributed by atoms with Crippen LogP contribution in [-0.2, 0) is 9.84 Å². The van der Waals surface area contributed by atoms with Crippen LogP contribution in [-0.4, -0.2) is 44.6 Å². The van der Waals surface area contributed by atoms with E-state index in [1.165, 1.54) is 12.1 Å². The molecule has 0 spiro atoms. The molecular weight excluding hydrogens is 285 g/mol. The maximum absolute atomic E-state index is 13.5. The molecule has 0 atom stereocenters. The van der Waals surface area contributed by atoms with E-state index in [1.807, 2.05) is 0 Å². The minimum atomic E-state index is -3.19. The predicted octanol–water partition coefficient (Wildman–Crippen LogP) is -0.0561. The predicted molar refractivity (Wildman–Crippen MR) is 72.4 cm³/mol. The molecule has 0 radical (unpaired) electrons. The summed E-state index contributed by atoms with van der Waals surface area (Å²) in [5, 5.41) is 10.9. The molecule has 0 heterocycles. The highest BCUT2D eigenvalue weighted by Crippen LogP contribution is 2.10. The summed E-state index contributed by atoms with van der Waals surface area (Å²) >= 11 is 0. The van der Waals surface area contributed by atoms with E-state index in [9.17, 15) is 17.6 Å². The SMILES string of the molecule is CS(=O)(=O)CCNC(=O)c1cc(C#CCO)ccc1F. The van der Waals surface area contributed by atoms with Crippen LogP contribution in [0.3, 0.4) is 0 Å². The van der Waals surface area contributed by atoms with Gasteiger partial charge in [0.25, 0.3) is 5.91 Å². The number of aliphatic hydroxyl groups excluding tert-OH is 1. The highest BCUT2D eigenvalue weighted by molar-refractivity contribution is 7.90. The second-order valence-electron chi connectivity index (χ2n) is 4.04. The van der Waals surface area contributed by atoms with E-state index < -0.39 is 21.6 Å². The number of sulfone groups is 1. The summed E-state index contributed by atoms with van der Waals surface area (Å²) < 4.78 is 35.4. The second kappa shape index (κ2) is 7.03. The third-order valence-electron chi connectivity index (χ3n) is 2.28. The molecule has 0 aliphatic heterocycles. The first-order valence-corrected chi connectivity index (χ1v) is 7.75. The molecule has 2 N–H and O–H groups in total. The van der Waals surface area contributed by atoms with Gasteiger partial charge in [-0.15, -0.1) is 0 Å². The third-order valence-corrected chi connectivity index (χ3v) is 3.23. The minimum absolute atomic E-state index is 0.0936. The van der Waals surface area contributed by atoms with Crippen molar-refractivity contribution in [3.8, 4) is 11.8 Å². The minimum Gasteiger partial charge on any atom is -0.384 e. The Kier molecular flexibility index (Phi) is 5.67. The molecule has 0 unspecified atom stereocenters. The van der Waals surface area contributed by atoms with Gasteiger partial charge in [0.2, 0.25) is 0 Å². The van der Waals surface area contributed by atoms with E-state index in [0.29, 0.717) is 5.56 Å². The molecule has 5 nitrogen and oxygen atoms in total. The first-order chi connectivity index (χ1) is 9.33. The first kappa shape index (κ1) is 16.1. The van der Waals surface area contributed by atoms with Crippen molar-refractivity contribution < 1.29 is 22.7 Å². The maximum Gasteiger partial charge on any atom is 0.254 e. The van der Waals surface area contributed by atoms with Crippen LogP contribution in [0.1, 0.15) is 15.9 Å². The van der Waals surface area contributed by atoms with E-state index >= 15 is 0 Å². The van der Waals surface area contributed by atoms with Gasteiger partial charge in [-0.1, -0.05) is 11.8 Å². The number of halogens is 1. The van der Waals surface area contributed by atoms with Gasteiger partial charge in [-0.3, -0.25) is 4.79 Å². The zero-order chi connectivity index (χ0) is 15.2. The normalized spacial score (nSPS) is 10.6. The zero-order valence-corrected chi connectivity index (χ0v) is 11.6. The zero-order valence-electron chi connectivity index (χ0n) is 10.8. The molecule has 0 aliphatic rings.